The van der Waals surface area contributed by atoms with Crippen LogP contribution in [0.1, 0.15) is 44.6 Å². The molecule has 0 bridgehead atoms. The summed E-state index contributed by atoms with van der Waals surface area (Å²) in [7, 11) is 0. The second-order valence-electron chi connectivity index (χ2n) is 6.81. The summed E-state index contributed by atoms with van der Waals surface area (Å²) in [5, 5.41) is 13.3. The number of nitrogens with one attached hydrogen (secondary N) is 1. The van der Waals surface area contributed by atoms with E-state index in [0.29, 0.717) is 16.6 Å². The molecule has 2 rings (SSSR count). The summed E-state index contributed by atoms with van der Waals surface area (Å²) in [6, 6.07) is 5.57. The van der Waals surface area contributed by atoms with Gasteiger partial charge in [-0.25, -0.2) is 0 Å². The van der Waals surface area contributed by atoms with Crippen molar-refractivity contribution in [2.45, 2.75) is 39.0 Å². The summed E-state index contributed by atoms with van der Waals surface area (Å²) < 4.78 is 0. The highest BCUT2D eigenvalue weighted by Gasteiger charge is 2.44. The maximum Gasteiger partial charge on any atom is 0.223 e. The molecule has 1 saturated carbocycles. The third-order valence-electron chi connectivity index (χ3n) is 4.27. The van der Waals surface area contributed by atoms with Crippen molar-refractivity contribution in [2.75, 3.05) is 13.2 Å². The Labute approximate surface area is 142 Å². The van der Waals surface area contributed by atoms with Crippen LogP contribution in [-0.2, 0) is 4.79 Å². The van der Waals surface area contributed by atoms with E-state index in [-0.39, 0.29) is 29.8 Å². The van der Waals surface area contributed by atoms with Crippen LogP contribution in [0.25, 0.3) is 0 Å². The Bertz CT molecular complexity index is 545. The van der Waals surface area contributed by atoms with E-state index in [9.17, 15) is 9.90 Å². The second-order valence-corrected chi connectivity index (χ2v) is 7.59. The molecule has 5 heteroatoms. The van der Waals surface area contributed by atoms with E-state index in [1.807, 2.05) is 26.0 Å². The monoisotopic (exact) mass is 343 g/mol. The predicted molar refractivity (Wildman–Crippen MR) is 90.4 cm³/mol. The number of carbonyl (C=O) groups is 1. The molecule has 1 fully saturated rings. The fourth-order valence-electron chi connectivity index (χ4n) is 2.62. The molecule has 1 aliphatic rings. The van der Waals surface area contributed by atoms with Gasteiger partial charge in [-0.05, 0) is 42.2 Å². The molecule has 1 aliphatic carbocycles. The molecule has 1 aromatic carbocycles. The highest BCUT2D eigenvalue weighted by atomic mass is 35.5. The minimum absolute atomic E-state index is 0.00168. The Morgan fingerprint density at radius 1 is 1.41 bits per heavy atom. The molecule has 2 atom stereocenters. The lowest BCUT2D eigenvalue weighted by molar-refractivity contribution is -0.122. The topological polar surface area (TPSA) is 49.3 Å². The van der Waals surface area contributed by atoms with E-state index in [1.54, 1.807) is 6.07 Å². The maximum atomic E-state index is 12.1. The number of hydrogen-bond acceptors (Lipinski definition) is 2. The third kappa shape index (κ3) is 4.37. The molecule has 1 aromatic rings. The van der Waals surface area contributed by atoms with E-state index < -0.39 is 0 Å². The maximum absolute atomic E-state index is 12.1. The number of carbonyl (C=O) groups excluding carboxylic acids is 1. The summed E-state index contributed by atoms with van der Waals surface area (Å²) in [4.78, 5) is 12.1. The summed E-state index contributed by atoms with van der Waals surface area (Å²) in [5.74, 6) is 0.268. The van der Waals surface area contributed by atoms with Gasteiger partial charge >= 0.3 is 0 Å². The van der Waals surface area contributed by atoms with Crippen molar-refractivity contribution in [3.63, 3.8) is 0 Å². The Morgan fingerprint density at radius 3 is 2.82 bits per heavy atom. The number of amides is 1. The molecule has 1 amide bonds. The van der Waals surface area contributed by atoms with Gasteiger partial charge in [0.05, 0.1) is 10.0 Å². The van der Waals surface area contributed by atoms with E-state index in [4.69, 9.17) is 23.2 Å². The summed E-state index contributed by atoms with van der Waals surface area (Å²) in [6.07, 6.45) is 2.58. The molecule has 0 saturated heterocycles. The first-order chi connectivity index (χ1) is 10.4. The van der Waals surface area contributed by atoms with E-state index >= 15 is 0 Å². The highest BCUT2D eigenvalue weighted by Crippen LogP contribution is 2.50. The Morgan fingerprint density at radius 2 is 2.14 bits per heavy atom. The third-order valence-corrected chi connectivity index (χ3v) is 5.10. The van der Waals surface area contributed by atoms with Crippen LogP contribution in [0, 0.1) is 11.3 Å². The number of aliphatic hydroxyl groups excluding tert-OH is 1. The minimum atomic E-state index is -0.0822. The second kappa shape index (κ2) is 7.20. The molecule has 0 radical (unpaired) electrons. The van der Waals surface area contributed by atoms with Crippen molar-refractivity contribution in [3.05, 3.63) is 33.8 Å². The number of aliphatic hydroxyl groups is 1. The lowest BCUT2D eigenvalue weighted by Crippen LogP contribution is -2.28. The molecule has 122 valence electrons. The van der Waals surface area contributed by atoms with Crippen LogP contribution < -0.4 is 5.32 Å². The van der Waals surface area contributed by atoms with Crippen molar-refractivity contribution in [1.29, 1.82) is 0 Å². The van der Waals surface area contributed by atoms with Crippen molar-refractivity contribution in [1.82, 2.24) is 5.32 Å². The molecular weight excluding hydrogens is 321 g/mol. The molecule has 3 nitrogen and oxygen atoms in total. The molecule has 0 aliphatic heterocycles. The number of benzene rings is 1. The lowest BCUT2D eigenvalue weighted by Gasteiger charge is -2.21. The SMILES string of the molecule is CC(C)(CO)CCCNC(=O)C1CC1c1cccc(Cl)c1Cl. The van der Waals surface area contributed by atoms with Gasteiger partial charge in [0, 0.05) is 19.1 Å². The predicted octanol–water partition coefficient (Wildman–Crippen LogP) is 4.01. The van der Waals surface area contributed by atoms with E-state index in [0.717, 1.165) is 24.8 Å². The largest absolute Gasteiger partial charge is 0.396 e. The van der Waals surface area contributed by atoms with Crippen molar-refractivity contribution >= 4 is 29.1 Å². The molecular formula is C17H23Cl2NO2. The Hall–Kier alpha value is -0.770. The summed E-state index contributed by atoms with van der Waals surface area (Å²) in [6.45, 7) is 4.85. The zero-order valence-electron chi connectivity index (χ0n) is 13.0. The molecule has 0 aromatic heterocycles. The number of hydrogen-bond donors (Lipinski definition) is 2. The van der Waals surface area contributed by atoms with E-state index in [2.05, 4.69) is 5.32 Å². The van der Waals surface area contributed by atoms with Gasteiger partial charge in [0.1, 0.15) is 0 Å². The highest BCUT2D eigenvalue weighted by molar-refractivity contribution is 6.42. The Kier molecular flexibility index (Phi) is 5.76. The zero-order valence-corrected chi connectivity index (χ0v) is 14.5. The van der Waals surface area contributed by atoms with Gasteiger partial charge in [-0.3, -0.25) is 4.79 Å². The van der Waals surface area contributed by atoms with Crippen LogP contribution in [0.4, 0.5) is 0 Å². The minimum Gasteiger partial charge on any atom is -0.396 e. The van der Waals surface area contributed by atoms with Crippen LogP contribution in [-0.4, -0.2) is 24.2 Å². The summed E-state index contributed by atoms with van der Waals surface area (Å²) >= 11 is 12.2. The molecule has 22 heavy (non-hydrogen) atoms. The average molecular weight is 344 g/mol. The molecule has 0 heterocycles. The van der Waals surface area contributed by atoms with Crippen LogP contribution in [0.15, 0.2) is 18.2 Å². The quantitative estimate of drug-likeness (QED) is 0.734. The van der Waals surface area contributed by atoms with Crippen molar-refractivity contribution in [2.24, 2.45) is 11.3 Å². The average Bonchev–Trinajstić information content (AvgIpc) is 3.27. The van der Waals surface area contributed by atoms with Gasteiger partial charge in [0.25, 0.3) is 0 Å². The molecule has 2 N–H and O–H groups in total. The summed E-state index contributed by atoms with van der Waals surface area (Å²) in [5.41, 5.74) is 0.886. The molecule has 2 unspecified atom stereocenters. The number of halogens is 2. The standard InChI is InChI=1S/C17H23Cl2NO2/c1-17(2,10-21)7-4-8-20-16(22)13-9-12(13)11-5-3-6-14(18)15(11)19/h3,5-6,12-13,21H,4,7-10H2,1-2H3,(H,20,22). The fourth-order valence-corrected chi connectivity index (χ4v) is 3.07. The van der Waals surface area contributed by atoms with Crippen LogP contribution in [0.2, 0.25) is 10.0 Å². The molecule has 0 spiro atoms. The zero-order chi connectivity index (χ0) is 16.3. The Balaban J connectivity index is 1.78. The van der Waals surface area contributed by atoms with Gasteiger partial charge in [0.2, 0.25) is 5.91 Å². The van der Waals surface area contributed by atoms with Crippen LogP contribution in [0.3, 0.4) is 0 Å². The first kappa shape index (κ1) is 17.6. The van der Waals surface area contributed by atoms with Crippen molar-refractivity contribution < 1.29 is 9.90 Å². The lowest BCUT2D eigenvalue weighted by atomic mass is 9.89. The smallest absolute Gasteiger partial charge is 0.223 e. The van der Waals surface area contributed by atoms with Gasteiger partial charge in [-0.2, -0.15) is 0 Å². The normalized spacial score (nSPS) is 20.8. The first-order valence-corrected chi connectivity index (χ1v) is 8.44. The first-order valence-electron chi connectivity index (χ1n) is 7.68. The van der Waals surface area contributed by atoms with E-state index in [1.165, 1.54) is 0 Å². The van der Waals surface area contributed by atoms with Gasteiger partial charge in [0.15, 0.2) is 0 Å². The van der Waals surface area contributed by atoms with Crippen LogP contribution in [0.5, 0.6) is 0 Å². The number of rotatable bonds is 7. The van der Waals surface area contributed by atoms with Gasteiger partial charge in [-0.15, -0.1) is 0 Å². The van der Waals surface area contributed by atoms with Crippen LogP contribution >= 0.6 is 23.2 Å². The van der Waals surface area contributed by atoms with Gasteiger partial charge < -0.3 is 10.4 Å². The van der Waals surface area contributed by atoms with Crippen molar-refractivity contribution in [3.8, 4) is 0 Å². The fraction of sp³-hybridized carbons (Fsp3) is 0.588. The van der Waals surface area contributed by atoms with Gasteiger partial charge in [-0.1, -0.05) is 49.2 Å².